The fourth-order valence-electron chi connectivity index (χ4n) is 2.82. The Balaban J connectivity index is 1.79. The molecular weight excluding hydrogens is 296 g/mol. The van der Waals surface area contributed by atoms with Crippen LogP contribution in [0.5, 0.6) is 0 Å². The molecule has 2 aromatic carbocycles. The van der Waals surface area contributed by atoms with Crippen LogP contribution in [0.3, 0.4) is 0 Å². The Labute approximate surface area is 140 Å². The van der Waals surface area contributed by atoms with E-state index in [-0.39, 0.29) is 0 Å². The number of hydrogen-bond acceptors (Lipinski definition) is 3. The molecule has 24 heavy (non-hydrogen) atoms. The van der Waals surface area contributed by atoms with Gasteiger partial charge in [-0.25, -0.2) is 9.97 Å². The molecule has 0 aliphatic heterocycles. The van der Waals surface area contributed by atoms with Gasteiger partial charge in [-0.05, 0) is 36.2 Å². The number of para-hydroxylation sites is 2. The highest BCUT2D eigenvalue weighted by atomic mass is 15.2. The van der Waals surface area contributed by atoms with Gasteiger partial charge >= 0.3 is 0 Å². The molecule has 0 aliphatic rings. The Morgan fingerprint density at radius 3 is 2.54 bits per heavy atom. The maximum Gasteiger partial charge on any atom is 0.209 e. The zero-order chi connectivity index (χ0) is 16.4. The van der Waals surface area contributed by atoms with Crippen molar-refractivity contribution in [2.45, 2.75) is 13.5 Å². The second-order valence-corrected chi connectivity index (χ2v) is 5.79. The van der Waals surface area contributed by atoms with Gasteiger partial charge in [0.15, 0.2) is 0 Å². The van der Waals surface area contributed by atoms with Crippen molar-refractivity contribution >= 4 is 22.8 Å². The van der Waals surface area contributed by atoms with Gasteiger partial charge in [-0.1, -0.05) is 48.5 Å². The highest BCUT2D eigenvalue weighted by Crippen LogP contribution is 2.24. The summed E-state index contributed by atoms with van der Waals surface area (Å²) in [6.45, 7) is 2.80. The van der Waals surface area contributed by atoms with Gasteiger partial charge in [0, 0.05) is 6.20 Å². The topological polar surface area (TPSA) is 42.7 Å². The van der Waals surface area contributed by atoms with Crippen LogP contribution >= 0.6 is 0 Å². The van der Waals surface area contributed by atoms with Crippen molar-refractivity contribution < 1.29 is 0 Å². The maximum absolute atomic E-state index is 4.76. The molecule has 0 atom stereocenters. The lowest BCUT2D eigenvalue weighted by Crippen LogP contribution is -2.06. The van der Waals surface area contributed by atoms with E-state index >= 15 is 0 Å². The molecule has 0 saturated heterocycles. The zero-order valence-electron chi connectivity index (χ0n) is 13.5. The monoisotopic (exact) mass is 314 g/mol. The summed E-state index contributed by atoms with van der Waals surface area (Å²) in [6.07, 6.45) is 1.79. The standard InChI is InChI=1S/C20H18N4/c1-15-8-7-13-21-19(15)23-20-22-17-11-5-6-12-18(17)24(20)14-16-9-3-2-4-10-16/h2-13H,14H2,1H3,(H,21,22,23). The van der Waals surface area contributed by atoms with Crippen molar-refractivity contribution in [3.63, 3.8) is 0 Å². The Hall–Kier alpha value is -3.14. The molecule has 2 aromatic heterocycles. The summed E-state index contributed by atoms with van der Waals surface area (Å²) >= 11 is 0. The minimum atomic E-state index is 0.759. The van der Waals surface area contributed by atoms with Gasteiger partial charge in [0.2, 0.25) is 5.95 Å². The van der Waals surface area contributed by atoms with Gasteiger partial charge < -0.3 is 9.88 Å². The van der Waals surface area contributed by atoms with Crippen molar-refractivity contribution in [2.75, 3.05) is 5.32 Å². The average molecular weight is 314 g/mol. The van der Waals surface area contributed by atoms with E-state index in [0.29, 0.717) is 0 Å². The normalized spacial score (nSPS) is 10.9. The Morgan fingerprint density at radius 1 is 0.917 bits per heavy atom. The highest BCUT2D eigenvalue weighted by molar-refractivity contribution is 5.79. The quantitative estimate of drug-likeness (QED) is 0.602. The first-order valence-electron chi connectivity index (χ1n) is 7.99. The van der Waals surface area contributed by atoms with Gasteiger partial charge in [0.1, 0.15) is 5.82 Å². The van der Waals surface area contributed by atoms with E-state index in [0.717, 1.165) is 34.9 Å². The number of nitrogens with one attached hydrogen (secondary N) is 1. The molecule has 4 rings (SSSR count). The zero-order valence-corrected chi connectivity index (χ0v) is 13.5. The molecular formula is C20H18N4. The summed E-state index contributed by atoms with van der Waals surface area (Å²) in [4.78, 5) is 9.18. The predicted molar refractivity (Wildman–Crippen MR) is 97.5 cm³/mol. The third kappa shape index (κ3) is 2.74. The van der Waals surface area contributed by atoms with Crippen LogP contribution in [-0.4, -0.2) is 14.5 Å². The molecule has 0 saturated carbocycles. The minimum Gasteiger partial charge on any atom is -0.310 e. The molecule has 118 valence electrons. The van der Waals surface area contributed by atoms with E-state index in [2.05, 4.69) is 45.2 Å². The minimum absolute atomic E-state index is 0.759. The van der Waals surface area contributed by atoms with Crippen LogP contribution in [0.2, 0.25) is 0 Å². The molecule has 0 unspecified atom stereocenters. The Kier molecular flexibility index (Phi) is 3.71. The van der Waals surface area contributed by atoms with Gasteiger partial charge in [-0.15, -0.1) is 0 Å². The van der Waals surface area contributed by atoms with E-state index in [1.807, 2.05) is 43.3 Å². The summed E-state index contributed by atoms with van der Waals surface area (Å²) < 4.78 is 2.19. The second kappa shape index (κ2) is 6.16. The van der Waals surface area contributed by atoms with Crippen molar-refractivity contribution in [2.24, 2.45) is 0 Å². The van der Waals surface area contributed by atoms with Crippen LogP contribution in [0.4, 0.5) is 11.8 Å². The third-order valence-electron chi connectivity index (χ3n) is 4.08. The number of aromatic nitrogens is 3. The molecule has 2 heterocycles. The Morgan fingerprint density at radius 2 is 1.71 bits per heavy atom. The molecule has 0 radical (unpaired) electrons. The SMILES string of the molecule is Cc1cccnc1Nc1nc2ccccc2n1Cc1ccccc1. The van der Waals surface area contributed by atoms with Crippen LogP contribution in [0.15, 0.2) is 72.9 Å². The Bertz CT molecular complexity index is 973. The lowest BCUT2D eigenvalue weighted by molar-refractivity contribution is 0.833. The van der Waals surface area contributed by atoms with Crippen LogP contribution in [-0.2, 0) is 6.54 Å². The van der Waals surface area contributed by atoms with E-state index in [4.69, 9.17) is 4.98 Å². The summed E-state index contributed by atoms with van der Waals surface area (Å²) in [6, 6.07) is 22.6. The number of imidazole rings is 1. The molecule has 0 bridgehead atoms. The lowest BCUT2D eigenvalue weighted by atomic mass is 10.2. The summed E-state index contributed by atoms with van der Waals surface area (Å²) in [7, 11) is 0. The van der Waals surface area contributed by atoms with Crippen LogP contribution in [0.25, 0.3) is 11.0 Å². The number of pyridine rings is 1. The van der Waals surface area contributed by atoms with E-state index in [1.165, 1.54) is 5.56 Å². The number of rotatable bonds is 4. The summed E-state index contributed by atoms with van der Waals surface area (Å²) in [5.41, 5.74) is 4.42. The van der Waals surface area contributed by atoms with Crippen molar-refractivity contribution in [3.05, 3.63) is 84.1 Å². The number of aryl methyl sites for hydroxylation is 1. The lowest BCUT2D eigenvalue weighted by Gasteiger charge is -2.11. The van der Waals surface area contributed by atoms with Crippen molar-refractivity contribution in [1.29, 1.82) is 0 Å². The summed E-state index contributed by atoms with van der Waals surface area (Å²) in [5.74, 6) is 1.64. The number of anilines is 2. The molecule has 1 N–H and O–H groups in total. The van der Waals surface area contributed by atoms with Gasteiger partial charge in [-0.2, -0.15) is 0 Å². The molecule has 0 amide bonds. The van der Waals surface area contributed by atoms with Gasteiger partial charge in [-0.3, -0.25) is 0 Å². The highest BCUT2D eigenvalue weighted by Gasteiger charge is 2.12. The van der Waals surface area contributed by atoms with E-state index in [1.54, 1.807) is 6.20 Å². The van der Waals surface area contributed by atoms with Crippen LogP contribution in [0, 0.1) is 6.92 Å². The fraction of sp³-hybridized carbons (Fsp3) is 0.100. The molecule has 4 heteroatoms. The van der Waals surface area contributed by atoms with Gasteiger partial charge in [0.25, 0.3) is 0 Å². The van der Waals surface area contributed by atoms with E-state index in [9.17, 15) is 0 Å². The number of fused-ring (bicyclic) bond motifs is 1. The van der Waals surface area contributed by atoms with Gasteiger partial charge in [0.05, 0.1) is 17.6 Å². The van der Waals surface area contributed by atoms with Crippen molar-refractivity contribution in [1.82, 2.24) is 14.5 Å². The number of hydrogen-bond donors (Lipinski definition) is 1. The second-order valence-electron chi connectivity index (χ2n) is 5.79. The maximum atomic E-state index is 4.76. The van der Waals surface area contributed by atoms with Crippen LogP contribution < -0.4 is 5.32 Å². The third-order valence-corrected chi connectivity index (χ3v) is 4.08. The predicted octanol–water partition coefficient (Wildman–Crippen LogP) is 4.53. The molecule has 0 spiro atoms. The average Bonchev–Trinajstić information content (AvgIpc) is 2.95. The first-order chi connectivity index (χ1) is 11.8. The largest absolute Gasteiger partial charge is 0.310 e. The fourth-order valence-corrected chi connectivity index (χ4v) is 2.82. The molecule has 4 aromatic rings. The summed E-state index contributed by atoms with van der Waals surface area (Å²) in [5, 5.41) is 3.39. The molecule has 4 nitrogen and oxygen atoms in total. The number of nitrogens with zero attached hydrogens (tertiary/aromatic N) is 3. The molecule has 0 fully saturated rings. The first-order valence-corrected chi connectivity index (χ1v) is 7.99. The smallest absolute Gasteiger partial charge is 0.209 e. The van der Waals surface area contributed by atoms with Crippen LogP contribution in [0.1, 0.15) is 11.1 Å². The van der Waals surface area contributed by atoms with Crippen molar-refractivity contribution in [3.8, 4) is 0 Å². The molecule has 0 aliphatic carbocycles. The van der Waals surface area contributed by atoms with E-state index < -0.39 is 0 Å². The number of benzene rings is 2. The first kappa shape index (κ1) is 14.5.